The molecule has 1 aromatic heterocycles. The summed E-state index contributed by atoms with van der Waals surface area (Å²) in [5.74, 6) is 0.250. The Morgan fingerprint density at radius 2 is 2.17 bits per heavy atom. The molecule has 0 atom stereocenters. The molecule has 1 heterocycles. The lowest BCUT2D eigenvalue weighted by atomic mass is 10.1. The van der Waals surface area contributed by atoms with Crippen molar-refractivity contribution in [3.05, 3.63) is 35.7 Å². The van der Waals surface area contributed by atoms with E-state index in [1.807, 2.05) is 36.6 Å². The van der Waals surface area contributed by atoms with Crippen molar-refractivity contribution in [2.75, 3.05) is 24.8 Å². The van der Waals surface area contributed by atoms with E-state index in [-0.39, 0.29) is 5.91 Å². The third-order valence-electron chi connectivity index (χ3n) is 3.45. The number of methoxy groups -OCH3 is 1. The molecule has 23 heavy (non-hydrogen) atoms. The van der Waals surface area contributed by atoms with Crippen LogP contribution in [0.15, 0.2) is 29.7 Å². The van der Waals surface area contributed by atoms with Gasteiger partial charge in [0.1, 0.15) is 6.33 Å². The standard InChI is InChI=1S/C16H22N4O2S/c1-12-5-6-14(9-13(12)2)18-15(21)10-23-16-19-17-11-20(16)7-4-8-22-3/h5-6,9,11H,4,7-8,10H2,1-3H3,(H,18,21). The Bertz CT molecular complexity index is 657. The number of nitrogens with zero attached hydrogens (tertiary/aromatic N) is 3. The number of anilines is 1. The molecule has 0 unspecified atom stereocenters. The van der Waals surface area contributed by atoms with Crippen molar-refractivity contribution < 1.29 is 9.53 Å². The Kier molecular flexibility index (Phi) is 6.61. The summed E-state index contributed by atoms with van der Waals surface area (Å²) in [7, 11) is 1.68. The van der Waals surface area contributed by atoms with Crippen LogP contribution >= 0.6 is 11.8 Å². The molecule has 1 N–H and O–H groups in total. The zero-order chi connectivity index (χ0) is 16.7. The molecule has 2 rings (SSSR count). The molecule has 2 aromatic rings. The number of rotatable bonds is 8. The largest absolute Gasteiger partial charge is 0.385 e. The van der Waals surface area contributed by atoms with Crippen LogP contribution in [0.2, 0.25) is 0 Å². The van der Waals surface area contributed by atoms with Gasteiger partial charge in [-0.2, -0.15) is 0 Å². The molecule has 0 aliphatic heterocycles. The first kappa shape index (κ1) is 17.5. The van der Waals surface area contributed by atoms with Gasteiger partial charge < -0.3 is 14.6 Å². The van der Waals surface area contributed by atoms with Crippen molar-refractivity contribution in [2.45, 2.75) is 32.0 Å². The predicted octanol–water partition coefficient (Wildman–Crippen LogP) is 2.66. The summed E-state index contributed by atoms with van der Waals surface area (Å²) in [5, 5.41) is 11.6. The summed E-state index contributed by atoms with van der Waals surface area (Å²) in [6.45, 7) is 5.55. The summed E-state index contributed by atoms with van der Waals surface area (Å²) >= 11 is 1.38. The second kappa shape index (κ2) is 8.69. The number of ether oxygens (including phenoxy) is 1. The Morgan fingerprint density at radius 3 is 2.91 bits per heavy atom. The fraction of sp³-hybridized carbons (Fsp3) is 0.438. The highest BCUT2D eigenvalue weighted by molar-refractivity contribution is 7.99. The van der Waals surface area contributed by atoms with E-state index in [0.717, 1.165) is 29.4 Å². The van der Waals surface area contributed by atoms with Crippen LogP contribution in [0, 0.1) is 13.8 Å². The maximum absolute atomic E-state index is 12.1. The number of benzene rings is 1. The van der Waals surface area contributed by atoms with Gasteiger partial charge in [-0.25, -0.2) is 0 Å². The summed E-state index contributed by atoms with van der Waals surface area (Å²) in [6, 6.07) is 5.90. The molecule has 0 radical (unpaired) electrons. The van der Waals surface area contributed by atoms with E-state index in [4.69, 9.17) is 4.74 Å². The van der Waals surface area contributed by atoms with Crippen molar-refractivity contribution >= 4 is 23.4 Å². The van der Waals surface area contributed by atoms with E-state index in [0.29, 0.717) is 12.4 Å². The fourth-order valence-electron chi connectivity index (χ4n) is 2.04. The van der Waals surface area contributed by atoms with Gasteiger partial charge >= 0.3 is 0 Å². The van der Waals surface area contributed by atoms with Crippen LogP contribution in [0.5, 0.6) is 0 Å². The molecule has 0 saturated heterocycles. The normalized spacial score (nSPS) is 10.7. The van der Waals surface area contributed by atoms with Gasteiger partial charge in [-0.3, -0.25) is 4.79 Å². The molecule has 0 bridgehead atoms. The van der Waals surface area contributed by atoms with Crippen molar-refractivity contribution in [1.82, 2.24) is 14.8 Å². The van der Waals surface area contributed by atoms with Crippen LogP contribution in [0.25, 0.3) is 0 Å². The monoisotopic (exact) mass is 334 g/mol. The maximum atomic E-state index is 12.1. The minimum atomic E-state index is -0.0512. The summed E-state index contributed by atoms with van der Waals surface area (Å²) < 4.78 is 6.97. The van der Waals surface area contributed by atoms with E-state index < -0.39 is 0 Å². The quantitative estimate of drug-likeness (QED) is 0.594. The fourth-order valence-corrected chi connectivity index (χ4v) is 2.78. The van der Waals surface area contributed by atoms with Crippen molar-refractivity contribution in [2.24, 2.45) is 0 Å². The average Bonchev–Trinajstić information content (AvgIpc) is 2.97. The molecule has 0 spiro atoms. The number of aromatic nitrogens is 3. The lowest BCUT2D eigenvalue weighted by Crippen LogP contribution is -2.15. The molecule has 6 nitrogen and oxygen atoms in total. The van der Waals surface area contributed by atoms with Crippen LogP contribution in [-0.4, -0.2) is 40.1 Å². The third-order valence-corrected chi connectivity index (χ3v) is 4.43. The lowest BCUT2D eigenvalue weighted by Gasteiger charge is -2.08. The average molecular weight is 334 g/mol. The first-order valence-electron chi connectivity index (χ1n) is 7.47. The Labute approximate surface area is 140 Å². The summed E-state index contributed by atoms with van der Waals surface area (Å²) in [6.07, 6.45) is 2.57. The van der Waals surface area contributed by atoms with Gasteiger partial charge in [0.05, 0.1) is 5.75 Å². The number of thioether (sulfide) groups is 1. The molecule has 7 heteroatoms. The minimum absolute atomic E-state index is 0.0512. The number of aryl methyl sites for hydroxylation is 3. The first-order chi connectivity index (χ1) is 11.1. The smallest absolute Gasteiger partial charge is 0.234 e. The van der Waals surface area contributed by atoms with Crippen LogP contribution in [0.3, 0.4) is 0 Å². The Balaban J connectivity index is 1.84. The molecule has 124 valence electrons. The zero-order valence-corrected chi connectivity index (χ0v) is 14.5. The number of hydrogen-bond acceptors (Lipinski definition) is 5. The lowest BCUT2D eigenvalue weighted by molar-refractivity contribution is -0.113. The highest BCUT2D eigenvalue weighted by atomic mass is 32.2. The van der Waals surface area contributed by atoms with Crippen molar-refractivity contribution in [1.29, 1.82) is 0 Å². The number of amides is 1. The van der Waals surface area contributed by atoms with Crippen LogP contribution in [0.1, 0.15) is 17.5 Å². The van der Waals surface area contributed by atoms with Crippen molar-refractivity contribution in [3.63, 3.8) is 0 Å². The van der Waals surface area contributed by atoms with Crippen LogP contribution < -0.4 is 5.32 Å². The third kappa shape index (κ3) is 5.37. The molecule has 0 fully saturated rings. The molecule has 0 aliphatic carbocycles. The van der Waals surface area contributed by atoms with E-state index in [1.165, 1.54) is 17.3 Å². The first-order valence-corrected chi connectivity index (χ1v) is 8.45. The Morgan fingerprint density at radius 1 is 1.35 bits per heavy atom. The SMILES string of the molecule is COCCCn1cnnc1SCC(=O)Nc1ccc(C)c(C)c1. The predicted molar refractivity (Wildman–Crippen MR) is 91.8 cm³/mol. The van der Waals surface area contributed by atoms with E-state index in [9.17, 15) is 4.79 Å². The molecule has 1 amide bonds. The van der Waals surface area contributed by atoms with Crippen LogP contribution in [0.4, 0.5) is 5.69 Å². The van der Waals surface area contributed by atoms with Crippen LogP contribution in [-0.2, 0) is 16.1 Å². The van der Waals surface area contributed by atoms with E-state index >= 15 is 0 Å². The van der Waals surface area contributed by atoms with Gasteiger partial charge in [0, 0.05) is 25.9 Å². The number of nitrogens with one attached hydrogen (secondary N) is 1. The molecular formula is C16H22N4O2S. The van der Waals surface area contributed by atoms with Gasteiger partial charge in [-0.15, -0.1) is 10.2 Å². The minimum Gasteiger partial charge on any atom is -0.385 e. The van der Waals surface area contributed by atoms with Gasteiger partial charge in [0.25, 0.3) is 0 Å². The van der Waals surface area contributed by atoms with E-state index in [1.54, 1.807) is 13.4 Å². The summed E-state index contributed by atoms with van der Waals surface area (Å²) in [4.78, 5) is 12.1. The zero-order valence-electron chi connectivity index (χ0n) is 13.7. The van der Waals surface area contributed by atoms with Gasteiger partial charge in [-0.1, -0.05) is 17.8 Å². The number of carbonyl (C=O) groups is 1. The molecule has 1 aromatic carbocycles. The summed E-state index contributed by atoms with van der Waals surface area (Å²) in [5.41, 5.74) is 3.19. The second-order valence-corrected chi connectivity index (χ2v) is 6.23. The Hall–Kier alpha value is -1.86. The van der Waals surface area contributed by atoms with Gasteiger partial charge in [0.15, 0.2) is 5.16 Å². The maximum Gasteiger partial charge on any atom is 0.234 e. The van der Waals surface area contributed by atoms with Gasteiger partial charge in [0.2, 0.25) is 5.91 Å². The highest BCUT2D eigenvalue weighted by Crippen LogP contribution is 2.17. The molecular weight excluding hydrogens is 312 g/mol. The number of hydrogen-bond donors (Lipinski definition) is 1. The molecule has 0 saturated carbocycles. The topological polar surface area (TPSA) is 69.0 Å². The molecule has 0 aliphatic rings. The number of carbonyl (C=O) groups excluding carboxylic acids is 1. The van der Waals surface area contributed by atoms with Crippen molar-refractivity contribution in [3.8, 4) is 0 Å². The van der Waals surface area contributed by atoms with Gasteiger partial charge in [-0.05, 0) is 43.5 Å². The second-order valence-electron chi connectivity index (χ2n) is 5.29. The van der Waals surface area contributed by atoms with E-state index in [2.05, 4.69) is 15.5 Å². The highest BCUT2D eigenvalue weighted by Gasteiger charge is 2.09.